The molecule has 0 N–H and O–H groups in total. The first-order valence-corrected chi connectivity index (χ1v) is 10.3. The second kappa shape index (κ2) is 7.71. The minimum absolute atomic E-state index is 0.0424. The minimum atomic E-state index is -5.03. The summed E-state index contributed by atoms with van der Waals surface area (Å²) in [6.07, 6.45) is -4.31. The molecule has 26 heavy (non-hydrogen) atoms. The zero-order valence-electron chi connectivity index (χ0n) is 14.8. The lowest BCUT2D eigenvalue weighted by atomic mass is 10.1. The van der Waals surface area contributed by atoms with Crippen molar-refractivity contribution in [1.82, 2.24) is 14.7 Å². The van der Waals surface area contributed by atoms with Crippen LogP contribution in [0.1, 0.15) is 19.3 Å². The molecule has 2 amide bonds. The number of sulfone groups is 1. The van der Waals surface area contributed by atoms with Crippen LogP contribution in [0.5, 0.6) is 0 Å². The van der Waals surface area contributed by atoms with Gasteiger partial charge in [0.25, 0.3) is 0 Å². The van der Waals surface area contributed by atoms with Crippen LogP contribution in [0.4, 0.5) is 13.2 Å². The molecule has 2 saturated heterocycles. The van der Waals surface area contributed by atoms with Crippen LogP contribution in [0.25, 0.3) is 0 Å². The van der Waals surface area contributed by atoms with Crippen molar-refractivity contribution >= 4 is 21.7 Å². The first kappa shape index (κ1) is 20.9. The first-order valence-electron chi connectivity index (χ1n) is 8.46. The molecule has 2 aliphatic rings. The van der Waals surface area contributed by atoms with Gasteiger partial charge in [-0.3, -0.25) is 9.59 Å². The molecule has 2 heterocycles. The molecule has 2 fully saturated rings. The standard InChI is InChI=1S/C15H24F3N3O4S/c1-19(2)7-8-20(11-5-9-26(24,25)10-11)13(22)12-4-3-6-21(12)14(23)15(16,17)18/h11-12H,3-10H2,1-2H3. The highest BCUT2D eigenvalue weighted by atomic mass is 32.2. The highest BCUT2D eigenvalue weighted by Gasteiger charge is 2.49. The van der Waals surface area contributed by atoms with Gasteiger partial charge in [-0.15, -0.1) is 0 Å². The molecule has 2 unspecified atom stereocenters. The largest absolute Gasteiger partial charge is 0.471 e. The summed E-state index contributed by atoms with van der Waals surface area (Å²) in [5.41, 5.74) is 0. The van der Waals surface area contributed by atoms with Crippen LogP contribution in [0.3, 0.4) is 0 Å². The van der Waals surface area contributed by atoms with Crippen molar-refractivity contribution in [1.29, 1.82) is 0 Å². The Morgan fingerprint density at radius 2 is 1.81 bits per heavy atom. The molecule has 0 saturated carbocycles. The van der Waals surface area contributed by atoms with E-state index in [1.165, 1.54) is 4.90 Å². The van der Waals surface area contributed by atoms with Gasteiger partial charge in [0, 0.05) is 25.7 Å². The van der Waals surface area contributed by atoms with Gasteiger partial charge >= 0.3 is 12.1 Å². The number of likely N-dealkylation sites (tertiary alicyclic amines) is 1. The van der Waals surface area contributed by atoms with Gasteiger partial charge in [-0.2, -0.15) is 13.2 Å². The summed E-state index contributed by atoms with van der Waals surface area (Å²) in [6.45, 7) is 0.526. The summed E-state index contributed by atoms with van der Waals surface area (Å²) in [5, 5.41) is 0. The summed E-state index contributed by atoms with van der Waals surface area (Å²) in [7, 11) is 0.304. The van der Waals surface area contributed by atoms with Crippen molar-refractivity contribution in [2.75, 3.05) is 45.2 Å². The molecule has 0 radical (unpaired) electrons. The summed E-state index contributed by atoms with van der Waals surface area (Å²) < 4.78 is 61.9. The molecule has 0 aromatic rings. The molecule has 2 atom stereocenters. The summed E-state index contributed by atoms with van der Waals surface area (Å²) in [4.78, 5) is 28.3. The Morgan fingerprint density at radius 1 is 1.15 bits per heavy atom. The number of hydrogen-bond donors (Lipinski definition) is 0. The Morgan fingerprint density at radius 3 is 2.31 bits per heavy atom. The van der Waals surface area contributed by atoms with Gasteiger partial charge < -0.3 is 14.7 Å². The van der Waals surface area contributed by atoms with E-state index in [1.54, 1.807) is 19.0 Å². The Labute approximate surface area is 151 Å². The molecule has 0 bridgehead atoms. The van der Waals surface area contributed by atoms with Crippen LogP contribution in [0, 0.1) is 0 Å². The van der Waals surface area contributed by atoms with Crippen LogP contribution in [-0.2, 0) is 19.4 Å². The normalized spacial score (nSPS) is 25.7. The molecular formula is C15H24F3N3O4S. The predicted octanol–water partition coefficient (Wildman–Crippen LogP) is 0.117. The van der Waals surface area contributed by atoms with Gasteiger partial charge in [-0.05, 0) is 33.4 Å². The third-order valence-corrected chi connectivity index (χ3v) is 6.51. The van der Waals surface area contributed by atoms with Crippen molar-refractivity contribution in [3.63, 3.8) is 0 Å². The number of nitrogens with zero attached hydrogens (tertiary/aromatic N) is 3. The predicted molar refractivity (Wildman–Crippen MR) is 88.1 cm³/mol. The summed E-state index contributed by atoms with van der Waals surface area (Å²) in [6, 6.07) is -1.74. The molecule has 0 aromatic heterocycles. The smallest absolute Gasteiger partial charge is 0.336 e. The molecule has 11 heteroatoms. The fraction of sp³-hybridized carbons (Fsp3) is 0.867. The molecule has 2 rings (SSSR count). The van der Waals surface area contributed by atoms with E-state index in [0.29, 0.717) is 17.9 Å². The van der Waals surface area contributed by atoms with Gasteiger partial charge in [0.15, 0.2) is 9.84 Å². The number of likely N-dealkylation sites (N-methyl/N-ethyl adjacent to an activating group) is 1. The lowest BCUT2D eigenvalue weighted by molar-refractivity contribution is -0.187. The number of hydrogen-bond acceptors (Lipinski definition) is 5. The highest BCUT2D eigenvalue weighted by molar-refractivity contribution is 7.91. The molecular weight excluding hydrogens is 375 g/mol. The molecule has 0 spiro atoms. The second-order valence-corrected chi connectivity index (χ2v) is 9.27. The lowest BCUT2D eigenvalue weighted by Crippen LogP contribution is -2.54. The van der Waals surface area contributed by atoms with Crippen molar-refractivity contribution in [2.45, 2.75) is 37.5 Å². The molecule has 0 aliphatic carbocycles. The number of carbonyl (C=O) groups excluding carboxylic acids is 2. The third kappa shape index (κ3) is 4.87. The Balaban J connectivity index is 2.20. The number of alkyl halides is 3. The molecule has 0 aromatic carbocycles. The van der Waals surface area contributed by atoms with Crippen LogP contribution in [0.15, 0.2) is 0 Å². The van der Waals surface area contributed by atoms with Crippen LogP contribution in [0.2, 0.25) is 0 Å². The Bertz CT molecular complexity index is 651. The molecule has 150 valence electrons. The van der Waals surface area contributed by atoms with Gasteiger partial charge in [-0.25, -0.2) is 8.42 Å². The molecule has 2 aliphatic heterocycles. The topological polar surface area (TPSA) is 78.0 Å². The van der Waals surface area contributed by atoms with Gasteiger partial charge in [0.1, 0.15) is 6.04 Å². The average Bonchev–Trinajstić information content (AvgIpc) is 3.11. The van der Waals surface area contributed by atoms with Crippen molar-refractivity contribution < 1.29 is 31.2 Å². The maximum absolute atomic E-state index is 12.9. The zero-order chi connectivity index (χ0) is 19.7. The van der Waals surface area contributed by atoms with E-state index in [-0.39, 0.29) is 37.4 Å². The third-order valence-electron chi connectivity index (χ3n) is 4.76. The highest BCUT2D eigenvalue weighted by Crippen LogP contribution is 2.28. The quantitative estimate of drug-likeness (QED) is 0.656. The second-order valence-electron chi connectivity index (χ2n) is 7.05. The maximum atomic E-state index is 12.9. The van der Waals surface area contributed by atoms with Crippen LogP contribution >= 0.6 is 0 Å². The number of amides is 2. The lowest BCUT2D eigenvalue weighted by Gasteiger charge is -2.34. The van der Waals surface area contributed by atoms with Gasteiger partial charge in [0.05, 0.1) is 11.5 Å². The van der Waals surface area contributed by atoms with Gasteiger partial charge in [0.2, 0.25) is 5.91 Å². The summed E-state index contributed by atoms with van der Waals surface area (Å²) >= 11 is 0. The fourth-order valence-electron chi connectivity index (χ4n) is 3.42. The van der Waals surface area contributed by atoms with E-state index in [0.717, 1.165) is 0 Å². The van der Waals surface area contributed by atoms with Crippen molar-refractivity contribution in [3.05, 3.63) is 0 Å². The zero-order valence-corrected chi connectivity index (χ0v) is 15.6. The van der Waals surface area contributed by atoms with Crippen molar-refractivity contribution in [3.8, 4) is 0 Å². The van der Waals surface area contributed by atoms with E-state index < -0.39 is 39.9 Å². The van der Waals surface area contributed by atoms with Gasteiger partial charge in [-0.1, -0.05) is 0 Å². The monoisotopic (exact) mass is 399 g/mol. The van der Waals surface area contributed by atoms with E-state index in [1.807, 2.05) is 0 Å². The Kier molecular flexibility index (Phi) is 6.21. The number of carbonyl (C=O) groups is 2. The van der Waals surface area contributed by atoms with E-state index in [2.05, 4.69) is 0 Å². The SMILES string of the molecule is CN(C)CCN(C(=O)C1CCCN1C(=O)C(F)(F)F)C1CCS(=O)(=O)C1. The minimum Gasteiger partial charge on any atom is -0.336 e. The van der Waals surface area contributed by atoms with Crippen LogP contribution < -0.4 is 0 Å². The van der Waals surface area contributed by atoms with Crippen molar-refractivity contribution in [2.24, 2.45) is 0 Å². The average molecular weight is 399 g/mol. The van der Waals surface area contributed by atoms with E-state index in [9.17, 15) is 31.2 Å². The van der Waals surface area contributed by atoms with Crippen LogP contribution in [-0.4, -0.2) is 98.4 Å². The Hall–Kier alpha value is -1.36. The number of rotatable bonds is 5. The fourth-order valence-corrected chi connectivity index (χ4v) is 5.15. The molecule has 7 nitrogen and oxygen atoms in total. The summed E-state index contributed by atoms with van der Waals surface area (Å²) in [5.74, 6) is -2.84. The first-order chi connectivity index (χ1) is 11.9. The number of halogens is 3. The van der Waals surface area contributed by atoms with E-state index >= 15 is 0 Å². The van der Waals surface area contributed by atoms with E-state index in [4.69, 9.17) is 0 Å². The maximum Gasteiger partial charge on any atom is 0.471 e.